The molecule has 5 atom stereocenters. The number of hydrogen-bond acceptors (Lipinski definition) is 9. The summed E-state index contributed by atoms with van der Waals surface area (Å²) in [6.45, 7) is 7.27. The second kappa shape index (κ2) is 14.6. The quantitative estimate of drug-likeness (QED) is 0.142. The van der Waals surface area contributed by atoms with Gasteiger partial charge in [-0.2, -0.15) is 9.97 Å². The van der Waals surface area contributed by atoms with E-state index in [1.54, 1.807) is 17.8 Å². The van der Waals surface area contributed by atoms with Gasteiger partial charge in [0.05, 0.1) is 18.4 Å². The monoisotopic (exact) mass is 655 g/mol. The largest absolute Gasteiger partial charge is 0.388 e. The van der Waals surface area contributed by atoms with E-state index >= 15 is 0 Å². The van der Waals surface area contributed by atoms with Crippen molar-refractivity contribution in [3.63, 3.8) is 0 Å². The average molecular weight is 656 g/mol. The minimum Gasteiger partial charge on any atom is -0.388 e. The van der Waals surface area contributed by atoms with Crippen LogP contribution in [0.5, 0.6) is 0 Å². The number of hydrogen-bond donors (Lipinski definition) is 6. The first kappa shape index (κ1) is 33.2. The van der Waals surface area contributed by atoms with E-state index in [1.165, 1.54) is 0 Å². The average Bonchev–Trinajstić information content (AvgIpc) is 3.80. The fraction of sp³-hybridized carbons (Fsp3) is 0.457. The van der Waals surface area contributed by atoms with Crippen molar-refractivity contribution < 1.29 is 19.8 Å². The Hall–Kier alpha value is -4.75. The number of nitrogens with zero attached hydrogens (tertiary/aromatic N) is 5. The summed E-state index contributed by atoms with van der Waals surface area (Å²) in [5.74, 6) is 0.852. The number of nitrogens with one attached hydrogen (secondary N) is 4. The summed E-state index contributed by atoms with van der Waals surface area (Å²) in [5.41, 5.74) is 3.35. The lowest BCUT2D eigenvalue weighted by Crippen LogP contribution is -2.45. The second-order valence-corrected chi connectivity index (χ2v) is 13.0. The fourth-order valence-corrected chi connectivity index (χ4v) is 6.69. The van der Waals surface area contributed by atoms with Crippen LogP contribution in [0.2, 0.25) is 0 Å². The third-order valence-electron chi connectivity index (χ3n) is 9.19. The molecule has 4 aromatic rings. The number of urea groups is 1. The van der Waals surface area contributed by atoms with Gasteiger partial charge in [-0.1, -0.05) is 67.6 Å². The predicted octanol–water partition coefficient (Wildman–Crippen LogP) is 2.92. The number of carbonyl (C=O) groups is 2. The number of aromatic nitrogens is 4. The van der Waals surface area contributed by atoms with Crippen molar-refractivity contribution in [3.05, 3.63) is 78.1 Å². The molecule has 6 N–H and O–H groups in total. The first-order valence-electron chi connectivity index (χ1n) is 16.8. The minimum absolute atomic E-state index is 0.0251. The Morgan fingerprint density at radius 3 is 2.29 bits per heavy atom. The summed E-state index contributed by atoms with van der Waals surface area (Å²) >= 11 is 0. The Labute approximate surface area is 280 Å². The smallest absolute Gasteiger partial charge is 0.315 e. The molecule has 254 valence electrons. The van der Waals surface area contributed by atoms with Crippen LogP contribution in [-0.4, -0.2) is 91.6 Å². The van der Waals surface area contributed by atoms with Crippen molar-refractivity contribution >= 4 is 34.9 Å². The minimum atomic E-state index is -1.14. The van der Waals surface area contributed by atoms with E-state index in [9.17, 15) is 19.8 Å². The maximum Gasteiger partial charge on any atom is 0.315 e. The van der Waals surface area contributed by atoms with Crippen LogP contribution in [0, 0.1) is 0 Å². The van der Waals surface area contributed by atoms with Gasteiger partial charge in [0.15, 0.2) is 17.0 Å². The Balaban J connectivity index is 1.33. The first-order valence-corrected chi connectivity index (χ1v) is 16.8. The molecular weight excluding hydrogens is 610 g/mol. The summed E-state index contributed by atoms with van der Waals surface area (Å²) in [5, 5.41) is 34.3. The van der Waals surface area contributed by atoms with Gasteiger partial charge in [0.1, 0.15) is 12.2 Å². The summed E-state index contributed by atoms with van der Waals surface area (Å²) in [4.78, 5) is 41.3. The molecule has 0 unspecified atom stereocenters. The van der Waals surface area contributed by atoms with Crippen LogP contribution in [0.15, 0.2) is 67.0 Å². The lowest BCUT2D eigenvalue weighted by atomic mass is 9.91. The molecular formula is C35H45N9O4. The van der Waals surface area contributed by atoms with Crippen LogP contribution in [0.25, 0.3) is 11.2 Å². The maximum atomic E-state index is 12.4. The van der Waals surface area contributed by atoms with Crippen LogP contribution in [0.4, 0.5) is 16.6 Å². The molecule has 0 bridgehead atoms. The van der Waals surface area contributed by atoms with Crippen molar-refractivity contribution in [2.24, 2.45) is 0 Å². The highest BCUT2D eigenvalue weighted by molar-refractivity contribution is 5.85. The molecule has 1 saturated heterocycles. The van der Waals surface area contributed by atoms with E-state index in [2.05, 4.69) is 45.5 Å². The van der Waals surface area contributed by atoms with E-state index in [0.29, 0.717) is 49.0 Å². The highest BCUT2D eigenvalue weighted by Crippen LogP contribution is 2.35. The van der Waals surface area contributed by atoms with E-state index < -0.39 is 24.3 Å². The number of anilines is 2. The third kappa shape index (κ3) is 7.21. The van der Waals surface area contributed by atoms with Gasteiger partial charge in [0, 0.05) is 44.1 Å². The molecule has 13 heteroatoms. The number of amides is 3. The second-order valence-electron chi connectivity index (χ2n) is 13.0. The highest BCUT2D eigenvalue weighted by Gasteiger charge is 2.44. The van der Waals surface area contributed by atoms with Gasteiger partial charge in [-0.3, -0.25) is 4.79 Å². The fourth-order valence-electron chi connectivity index (χ4n) is 6.69. The zero-order valence-corrected chi connectivity index (χ0v) is 27.6. The normalized spacial score (nSPS) is 22.4. The van der Waals surface area contributed by atoms with Crippen LogP contribution in [-0.2, 0) is 4.79 Å². The first-order chi connectivity index (χ1) is 23.2. The van der Waals surface area contributed by atoms with E-state index in [4.69, 9.17) is 15.0 Å². The van der Waals surface area contributed by atoms with Crippen LogP contribution in [0.3, 0.4) is 0 Å². The molecule has 0 radical (unpaired) electrons. The summed E-state index contributed by atoms with van der Waals surface area (Å²) < 4.78 is 1.78. The van der Waals surface area contributed by atoms with Crippen LogP contribution in [0.1, 0.15) is 63.1 Å². The third-order valence-corrected chi connectivity index (χ3v) is 9.19. The van der Waals surface area contributed by atoms with Gasteiger partial charge >= 0.3 is 6.03 Å². The number of imidazole rings is 1. The lowest BCUT2D eigenvalue weighted by molar-refractivity contribution is -0.122. The van der Waals surface area contributed by atoms with Crippen molar-refractivity contribution in [2.75, 3.05) is 29.9 Å². The predicted molar refractivity (Wildman–Crippen MR) is 184 cm³/mol. The number of rotatable bonds is 11. The van der Waals surface area contributed by atoms with Crippen LogP contribution >= 0.6 is 0 Å². The zero-order valence-electron chi connectivity index (χ0n) is 27.6. The molecule has 1 aliphatic heterocycles. The number of aliphatic hydroxyl groups is 2. The van der Waals surface area contributed by atoms with Gasteiger partial charge in [0.2, 0.25) is 11.9 Å². The molecule has 2 fully saturated rings. The molecule has 3 heterocycles. The zero-order chi connectivity index (χ0) is 33.8. The van der Waals surface area contributed by atoms with E-state index in [1.807, 2.05) is 55.1 Å². The highest BCUT2D eigenvalue weighted by atomic mass is 16.3. The SMILES string of the molecule is CCC(=O)N[C@H]1C[C@@H](n2cnc3c(NCC(c4ccccc4)c4ccccc4)nc(N4CC[C@@H](NC(=O)NC(C)C)C4)nc32)[C@H](O)[C@@H]1O. The molecule has 2 aliphatic rings. The summed E-state index contributed by atoms with van der Waals surface area (Å²) in [6, 6.07) is 19.1. The molecule has 13 nitrogen and oxygen atoms in total. The maximum absolute atomic E-state index is 12.4. The van der Waals surface area contributed by atoms with Gasteiger partial charge in [0.25, 0.3) is 0 Å². The molecule has 3 amide bonds. The van der Waals surface area contributed by atoms with Crippen molar-refractivity contribution in [1.29, 1.82) is 0 Å². The van der Waals surface area contributed by atoms with Crippen molar-refractivity contribution in [1.82, 2.24) is 35.5 Å². The van der Waals surface area contributed by atoms with E-state index in [-0.39, 0.29) is 36.4 Å². The number of carbonyl (C=O) groups excluding carboxylic acids is 2. The molecule has 0 spiro atoms. The number of aliphatic hydroxyl groups excluding tert-OH is 2. The van der Waals surface area contributed by atoms with Crippen molar-refractivity contribution in [2.45, 2.75) is 82.3 Å². The van der Waals surface area contributed by atoms with Gasteiger partial charge < -0.3 is 40.9 Å². The Bertz CT molecular complexity index is 1660. The Kier molecular flexibility index (Phi) is 10.1. The van der Waals surface area contributed by atoms with Crippen LogP contribution < -0.4 is 26.2 Å². The topological polar surface area (TPSA) is 170 Å². The molecule has 48 heavy (non-hydrogen) atoms. The van der Waals surface area contributed by atoms with Gasteiger partial charge in [-0.05, 0) is 37.8 Å². The Morgan fingerprint density at radius 1 is 0.958 bits per heavy atom. The molecule has 1 aliphatic carbocycles. The lowest BCUT2D eigenvalue weighted by Gasteiger charge is -2.22. The molecule has 6 rings (SSSR count). The summed E-state index contributed by atoms with van der Waals surface area (Å²) in [6.07, 6.45) is 0.663. The standard InChI is InChI=1S/C35H45N9O4/c1-4-28(45)40-26-17-27(31(47)30(26)46)44-20-37-29-32(36-18-25(22-11-7-5-8-12-22)23-13-9-6-10-14-23)41-34(42-33(29)44)43-16-15-24(19-43)39-35(48)38-21(2)3/h5-14,20-21,24-27,30-31,46-47H,4,15-19H2,1-3H3,(H,40,45)(H,36,41,42)(H2,38,39,48)/t24-,26+,27-,30-,31+/m1/s1. The van der Waals surface area contributed by atoms with E-state index in [0.717, 1.165) is 17.5 Å². The van der Waals surface area contributed by atoms with Crippen molar-refractivity contribution in [3.8, 4) is 0 Å². The molecule has 2 aromatic carbocycles. The molecule has 2 aromatic heterocycles. The number of benzene rings is 2. The number of fused-ring (bicyclic) bond motifs is 1. The summed E-state index contributed by atoms with van der Waals surface area (Å²) in [7, 11) is 0. The van der Waals surface area contributed by atoms with Gasteiger partial charge in [-0.25, -0.2) is 9.78 Å². The Morgan fingerprint density at radius 2 is 1.65 bits per heavy atom. The van der Waals surface area contributed by atoms with Gasteiger partial charge in [-0.15, -0.1) is 0 Å². The molecule has 1 saturated carbocycles.